The topological polar surface area (TPSA) is 75.3 Å². The number of phenols is 1. The normalized spacial score (nSPS) is 9.60. The van der Waals surface area contributed by atoms with Crippen LogP contribution in [-0.2, 0) is 11.2 Å². The van der Waals surface area contributed by atoms with Crippen molar-refractivity contribution in [3.05, 3.63) is 29.8 Å². The molecular weight excluding hydrogens is 212 g/mol. The number of para-hydroxylation sites is 1. The smallest absolute Gasteiger partial charge is 0.224 e. The zero-order valence-corrected chi connectivity index (χ0v) is 8.88. The maximum atomic E-state index is 11.3. The van der Waals surface area contributed by atoms with Gasteiger partial charge in [0.25, 0.3) is 0 Å². The van der Waals surface area contributed by atoms with E-state index in [0.29, 0.717) is 5.56 Å². The van der Waals surface area contributed by atoms with Crippen molar-refractivity contribution in [1.82, 2.24) is 5.32 Å². The van der Waals surface area contributed by atoms with Gasteiger partial charge in [0.15, 0.2) is 0 Å². The lowest BCUT2D eigenvalue weighted by molar-refractivity contribution is -0.120. The first-order valence-electron chi connectivity index (χ1n) is 4.41. The van der Waals surface area contributed by atoms with Gasteiger partial charge in [0, 0.05) is 5.56 Å². The van der Waals surface area contributed by atoms with Crippen LogP contribution in [0.15, 0.2) is 24.3 Å². The third-order valence-corrected chi connectivity index (χ3v) is 1.95. The number of rotatable bonds is 4. The van der Waals surface area contributed by atoms with Gasteiger partial charge >= 0.3 is 0 Å². The predicted octanol–water partition coefficient (Wildman–Crippen LogP) is 0.337. The number of amides is 1. The van der Waals surface area contributed by atoms with Gasteiger partial charge in [-0.25, -0.2) is 0 Å². The molecule has 0 heterocycles. The number of phenolic OH excluding ortho intramolecular Hbond substituents is 1. The van der Waals surface area contributed by atoms with Crippen LogP contribution < -0.4 is 11.1 Å². The van der Waals surface area contributed by atoms with Crippen molar-refractivity contribution in [2.24, 2.45) is 5.73 Å². The highest BCUT2D eigenvalue weighted by atomic mass is 32.1. The van der Waals surface area contributed by atoms with E-state index >= 15 is 0 Å². The maximum Gasteiger partial charge on any atom is 0.224 e. The Morgan fingerprint density at radius 1 is 1.47 bits per heavy atom. The molecule has 80 valence electrons. The Bertz CT molecular complexity index is 379. The monoisotopic (exact) mass is 224 g/mol. The fraction of sp³-hybridized carbons (Fsp3) is 0.200. The molecule has 0 unspecified atom stereocenters. The Morgan fingerprint density at radius 3 is 2.73 bits per heavy atom. The molecule has 0 saturated carbocycles. The number of hydrogen-bond donors (Lipinski definition) is 3. The van der Waals surface area contributed by atoms with Gasteiger partial charge in [0.05, 0.1) is 18.0 Å². The van der Waals surface area contributed by atoms with E-state index < -0.39 is 0 Å². The first-order valence-corrected chi connectivity index (χ1v) is 4.82. The molecule has 5 heteroatoms. The van der Waals surface area contributed by atoms with Gasteiger partial charge in [-0.1, -0.05) is 30.4 Å². The SMILES string of the molecule is NC(=S)CNC(=O)Cc1ccccc1O. The van der Waals surface area contributed by atoms with Crippen molar-refractivity contribution in [3.8, 4) is 5.75 Å². The van der Waals surface area contributed by atoms with E-state index in [-0.39, 0.29) is 29.6 Å². The summed E-state index contributed by atoms with van der Waals surface area (Å²) < 4.78 is 0. The second-order valence-corrected chi connectivity index (χ2v) is 3.57. The Hall–Kier alpha value is -1.62. The number of benzene rings is 1. The van der Waals surface area contributed by atoms with E-state index in [0.717, 1.165) is 0 Å². The Labute approximate surface area is 93.1 Å². The molecule has 0 bridgehead atoms. The lowest BCUT2D eigenvalue weighted by Crippen LogP contribution is -2.33. The molecule has 1 rings (SSSR count). The summed E-state index contributed by atoms with van der Waals surface area (Å²) in [6.45, 7) is 0.182. The molecule has 0 aromatic heterocycles. The second kappa shape index (κ2) is 5.31. The quantitative estimate of drug-likeness (QED) is 0.645. The number of thiocarbonyl (C=S) groups is 1. The molecule has 15 heavy (non-hydrogen) atoms. The van der Waals surface area contributed by atoms with E-state index in [1.807, 2.05) is 0 Å². The van der Waals surface area contributed by atoms with Crippen LogP contribution in [0.1, 0.15) is 5.56 Å². The van der Waals surface area contributed by atoms with Crippen LogP contribution in [0.5, 0.6) is 5.75 Å². The number of carbonyl (C=O) groups is 1. The zero-order valence-electron chi connectivity index (χ0n) is 8.06. The second-order valence-electron chi connectivity index (χ2n) is 3.05. The van der Waals surface area contributed by atoms with Crippen molar-refractivity contribution < 1.29 is 9.90 Å². The minimum atomic E-state index is -0.218. The predicted molar refractivity (Wildman–Crippen MR) is 61.6 cm³/mol. The molecular formula is C10H12N2O2S. The summed E-state index contributed by atoms with van der Waals surface area (Å²) in [6.07, 6.45) is 0.120. The van der Waals surface area contributed by atoms with E-state index in [9.17, 15) is 9.90 Å². The summed E-state index contributed by atoms with van der Waals surface area (Å²) in [6, 6.07) is 6.69. The number of hydrogen-bond acceptors (Lipinski definition) is 3. The summed E-state index contributed by atoms with van der Waals surface area (Å²) in [5.41, 5.74) is 5.81. The number of carbonyl (C=O) groups excluding carboxylic acids is 1. The van der Waals surface area contributed by atoms with Gasteiger partial charge in [-0.2, -0.15) is 0 Å². The Morgan fingerprint density at radius 2 is 2.13 bits per heavy atom. The van der Waals surface area contributed by atoms with Gasteiger partial charge < -0.3 is 16.2 Å². The summed E-state index contributed by atoms with van der Waals surface area (Å²) >= 11 is 4.62. The highest BCUT2D eigenvalue weighted by molar-refractivity contribution is 7.80. The van der Waals surface area contributed by atoms with Crippen LogP contribution in [0.25, 0.3) is 0 Å². The lowest BCUT2D eigenvalue weighted by Gasteiger charge is -2.05. The standard InChI is InChI=1S/C10H12N2O2S/c11-9(15)6-12-10(14)5-7-3-1-2-4-8(7)13/h1-4,13H,5-6H2,(H2,11,15)(H,12,14). The summed E-state index contributed by atoms with van der Waals surface area (Å²) in [5.74, 6) is -0.104. The fourth-order valence-corrected chi connectivity index (χ4v) is 1.15. The van der Waals surface area contributed by atoms with Crippen LogP contribution in [0, 0.1) is 0 Å². The van der Waals surface area contributed by atoms with E-state index in [4.69, 9.17) is 5.73 Å². The molecule has 0 fully saturated rings. The Kier molecular flexibility index (Phi) is 4.05. The minimum Gasteiger partial charge on any atom is -0.508 e. The molecule has 0 spiro atoms. The average molecular weight is 224 g/mol. The van der Waals surface area contributed by atoms with Crippen LogP contribution >= 0.6 is 12.2 Å². The largest absolute Gasteiger partial charge is 0.508 e. The van der Waals surface area contributed by atoms with Gasteiger partial charge in [-0.05, 0) is 6.07 Å². The molecule has 1 amide bonds. The lowest BCUT2D eigenvalue weighted by atomic mass is 10.1. The maximum absolute atomic E-state index is 11.3. The third kappa shape index (κ3) is 3.95. The van der Waals surface area contributed by atoms with Gasteiger partial charge in [0.1, 0.15) is 5.75 Å². The molecule has 0 atom stereocenters. The van der Waals surface area contributed by atoms with Gasteiger partial charge in [0.2, 0.25) is 5.91 Å². The van der Waals surface area contributed by atoms with E-state index in [1.165, 1.54) is 6.07 Å². The van der Waals surface area contributed by atoms with Crippen molar-refractivity contribution in [2.45, 2.75) is 6.42 Å². The third-order valence-electron chi connectivity index (χ3n) is 1.80. The van der Waals surface area contributed by atoms with Crippen LogP contribution in [0.4, 0.5) is 0 Å². The molecule has 4 nitrogen and oxygen atoms in total. The van der Waals surface area contributed by atoms with Crippen molar-refractivity contribution in [3.63, 3.8) is 0 Å². The highest BCUT2D eigenvalue weighted by Crippen LogP contribution is 2.15. The van der Waals surface area contributed by atoms with Crippen LogP contribution in [-0.4, -0.2) is 22.5 Å². The summed E-state index contributed by atoms with van der Waals surface area (Å²) in [5, 5.41) is 11.9. The molecule has 1 aromatic carbocycles. The van der Waals surface area contributed by atoms with Gasteiger partial charge in [-0.3, -0.25) is 4.79 Å². The fourth-order valence-electron chi connectivity index (χ4n) is 1.08. The summed E-state index contributed by atoms with van der Waals surface area (Å²) in [7, 11) is 0. The van der Waals surface area contributed by atoms with Crippen LogP contribution in [0.2, 0.25) is 0 Å². The van der Waals surface area contributed by atoms with Crippen molar-refractivity contribution in [1.29, 1.82) is 0 Å². The number of nitrogens with two attached hydrogens (primary N) is 1. The Balaban J connectivity index is 2.52. The minimum absolute atomic E-state index is 0.114. The highest BCUT2D eigenvalue weighted by Gasteiger charge is 2.06. The van der Waals surface area contributed by atoms with Gasteiger partial charge in [-0.15, -0.1) is 0 Å². The van der Waals surface area contributed by atoms with E-state index in [1.54, 1.807) is 18.2 Å². The molecule has 0 saturated heterocycles. The molecule has 0 aliphatic heterocycles. The molecule has 0 aliphatic carbocycles. The van der Waals surface area contributed by atoms with E-state index in [2.05, 4.69) is 17.5 Å². The molecule has 1 aromatic rings. The first kappa shape index (κ1) is 11.5. The van der Waals surface area contributed by atoms with Crippen molar-refractivity contribution >= 4 is 23.1 Å². The number of aromatic hydroxyl groups is 1. The first-order chi connectivity index (χ1) is 7.09. The van der Waals surface area contributed by atoms with Crippen molar-refractivity contribution in [2.75, 3.05) is 6.54 Å². The summed E-state index contributed by atoms with van der Waals surface area (Å²) in [4.78, 5) is 11.6. The molecule has 4 N–H and O–H groups in total. The number of nitrogens with one attached hydrogen (secondary N) is 1. The zero-order chi connectivity index (χ0) is 11.3. The molecule has 0 aliphatic rings. The molecule has 0 radical (unpaired) electrons. The van der Waals surface area contributed by atoms with Crippen LogP contribution in [0.3, 0.4) is 0 Å². The average Bonchev–Trinajstić information content (AvgIpc) is 2.18.